The first-order chi connectivity index (χ1) is 12.5. The molecule has 0 heterocycles. The largest absolute Gasteiger partial charge is 0.422 e. The van der Waals surface area contributed by atoms with E-state index in [1.807, 2.05) is 0 Å². The highest BCUT2D eigenvalue weighted by atomic mass is 16.7. The van der Waals surface area contributed by atoms with Gasteiger partial charge in [0.1, 0.15) is 0 Å². The number of nitrogens with one attached hydrogen (secondary N) is 2. The molecular weight excluding hydrogens is 332 g/mol. The third-order valence-electron chi connectivity index (χ3n) is 5.68. The van der Waals surface area contributed by atoms with Crippen LogP contribution in [-0.4, -0.2) is 37.5 Å². The lowest BCUT2D eigenvalue weighted by atomic mass is 9.75. The highest BCUT2D eigenvalue weighted by Crippen LogP contribution is 2.35. The van der Waals surface area contributed by atoms with E-state index >= 15 is 0 Å². The van der Waals surface area contributed by atoms with Crippen LogP contribution >= 0.6 is 0 Å². The van der Waals surface area contributed by atoms with E-state index in [0.717, 1.165) is 31.3 Å². The van der Waals surface area contributed by atoms with E-state index in [0.29, 0.717) is 12.0 Å². The van der Waals surface area contributed by atoms with Crippen LogP contribution in [0.4, 0.5) is 4.79 Å². The Balaban J connectivity index is 1.72. The van der Waals surface area contributed by atoms with Crippen LogP contribution in [0.1, 0.15) is 64.7 Å². The number of alkyl carbamates (subject to hydrolysis) is 1. The molecule has 6 nitrogen and oxygen atoms in total. The summed E-state index contributed by atoms with van der Waals surface area (Å²) >= 11 is 0. The van der Waals surface area contributed by atoms with Gasteiger partial charge < -0.3 is 20.1 Å². The predicted octanol–water partition coefficient (Wildman–Crippen LogP) is 3.51. The first-order valence-electron chi connectivity index (χ1n) is 9.97. The monoisotopic (exact) mass is 366 g/mol. The van der Waals surface area contributed by atoms with Gasteiger partial charge in [0.25, 0.3) is 0 Å². The lowest BCUT2D eigenvalue weighted by Crippen LogP contribution is -2.41. The van der Waals surface area contributed by atoms with Crippen LogP contribution in [0.5, 0.6) is 0 Å². The van der Waals surface area contributed by atoms with Crippen LogP contribution in [0, 0.1) is 11.8 Å². The van der Waals surface area contributed by atoms with Crippen molar-refractivity contribution in [1.82, 2.24) is 10.6 Å². The molecule has 0 aliphatic heterocycles. The average Bonchev–Trinajstić information content (AvgIpc) is 2.61. The Kier molecular flexibility index (Phi) is 8.42. The van der Waals surface area contributed by atoms with E-state index in [9.17, 15) is 9.59 Å². The molecule has 2 N–H and O–H groups in total. The molecule has 0 aromatic heterocycles. The highest BCUT2D eigenvalue weighted by molar-refractivity contribution is 5.81. The van der Waals surface area contributed by atoms with E-state index in [-0.39, 0.29) is 6.04 Å². The normalized spacial score (nSPS) is 30.1. The topological polar surface area (TPSA) is 76.7 Å². The SMILES string of the molecule is C=CC(=O)OC(C)OC(=O)NC1CCCC(CC2CCCC(NC)C2)C1. The zero-order valence-corrected chi connectivity index (χ0v) is 16.2. The molecule has 6 heteroatoms. The van der Waals surface area contributed by atoms with Crippen LogP contribution < -0.4 is 10.6 Å². The van der Waals surface area contributed by atoms with Crippen molar-refractivity contribution in [3.05, 3.63) is 12.7 Å². The Bertz CT molecular complexity index is 482. The Hall–Kier alpha value is -1.56. The minimum absolute atomic E-state index is 0.146. The summed E-state index contributed by atoms with van der Waals surface area (Å²) in [5.41, 5.74) is 0. The number of ether oxygens (including phenoxy) is 2. The van der Waals surface area contributed by atoms with Crippen molar-refractivity contribution in [1.29, 1.82) is 0 Å². The number of amides is 1. The number of carbonyl (C=O) groups excluding carboxylic acids is 2. The number of rotatable bonds is 7. The van der Waals surface area contributed by atoms with Crippen LogP contribution in [0.25, 0.3) is 0 Å². The van der Waals surface area contributed by atoms with E-state index in [1.165, 1.54) is 45.4 Å². The average molecular weight is 367 g/mol. The molecular formula is C20H34N2O4. The van der Waals surface area contributed by atoms with Crippen molar-refractivity contribution in [2.24, 2.45) is 11.8 Å². The van der Waals surface area contributed by atoms with Gasteiger partial charge in [-0.2, -0.15) is 0 Å². The van der Waals surface area contributed by atoms with Gasteiger partial charge in [-0.25, -0.2) is 9.59 Å². The van der Waals surface area contributed by atoms with Crippen molar-refractivity contribution in [3.8, 4) is 0 Å². The molecule has 2 fully saturated rings. The van der Waals surface area contributed by atoms with Gasteiger partial charge in [-0.05, 0) is 51.0 Å². The van der Waals surface area contributed by atoms with Gasteiger partial charge in [0.05, 0.1) is 0 Å². The molecule has 0 saturated heterocycles. The Morgan fingerprint density at radius 2 is 1.69 bits per heavy atom. The smallest absolute Gasteiger partial charge is 0.410 e. The first kappa shape index (κ1) is 20.7. The van der Waals surface area contributed by atoms with Gasteiger partial charge in [0, 0.05) is 25.1 Å². The van der Waals surface area contributed by atoms with Gasteiger partial charge in [-0.1, -0.05) is 32.3 Å². The van der Waals surface area contributed by atoms with Gasteiger partial charge in [0.2, 0.25) is 6.29 Å². The molecule has 148 valence electrons. The molecule has 0 aromatic rings. The molecule has 2 rings (SSSR count). The molecule has 2 saturated carbocycles. The molecule has 0 spiro atoms. The minimum Gasteiger partial charge on any atom is -0.422 e. The van der Waals surface area contributed by atoms with Crippen molar-refractivity contribution >= 4 is 12.1 Å². The number of hydrogen-bond acceptors (Lipinski definition) is 5. The van der Waals surface area contributed by atoms with Crippen LogP contribution in [0.3, 0.4) is 0 Å². The second-order valence-corrected chi connectivity index (χ2v) is 7.74. The third-order valence-corrected chi connectivity index (χ3v) is 5.68. The van der Waals surface area contributed by atoms with E-state index in [1.54, 1.807) is 0 Å². The maximum Gasteiger partial charge on any atom is 0.410 e. The molecule has 2 aliphatic rings. The van der Waals surface area contributed by atoms with E-state index in [2.05, 4.69) is 24.3 Å². The Labute approximate surface area is 157 Å². The predicted molar refractivity (Wildman–Crippen MR) is 101 cm³/mol. The van der Waals surface area contributed by atoms with Crippen LogP contribution in [0.15, 0.2) is 12.7 Å². The number of esters is 1. The molecule has 0 bridgehead atoms. The summed E-state index contributed by atoms with van der Waals surface area (Å²) in [5.74, 6) is 0.872. The van der Waals surface area contributed by atoms with Gasteiger partial charge in [0.15, 0.2) is 0 Å². The zero-order valence-electron chi connectivity index (χ0n) is 16.2. The molecule has 5 atom stereocenters. The van der Waals surface area contributed by atoms with Crippen molar-refractivity contribution < 1.29 is 19.1 Å². The van der Waals surface area contributed by atoms with Gasteiger partial charge in [-0.3, -0.25) is 0 Å². The minimum atomic E-state index is -0.916. The maximum atomic E-state index is 12.0. The maximum absolute atomic E-state index is 12.0. The fourth-order valence-electron chi connectivity index (χ4n) is 4.46. The summed E-state index contributed by atoms with van der Waals surface area (Å²) < 4.78 is 9.95. The summed E-state index contributed by atoms with van der Waals surface area (Å²) in [6, 6.07) is 0.813. The summed E-state index contributed by atoms with van der Waals surface area (Å²) in [4.78, 5) is 23.1. The molecule has 0 radical (unpaired) electrons. The summed E-state index contributed by atoms with van der Waals surface area (Å²) in [6.45, 7) is 4.84. The standard InChI is InChI=1S/C20H34N2O4/c1-4-19(23)25-14(2)26-20(24)22-18-10-6-8-16(13-18)11-15-7-5-9-17(12-15)21-3/h4,14-18,21H,1,5-13H2,2-3H3,(H,22,24). The molecule has 1 amide bonds. The highest BCUT2D eigenvalue weighted by Gasteiger charge is 2.28. The van der Waals surface area contributed by atoms with Crippen LogP contribution in [-0.2, 0) is 14.3 Å². The van der Waals surface area contributed by atoms with Crippen molar-refractivity contribution in [3.63, 3.8) is 0 Å². The lowest BCUT2D eigenvalue weighted by Gasteiger charge is -2.35. The second kappa shape index (κ2) is 10.6. The summed E-state index contributed by atoms with van der Waals surface area (Å²) in [6.07, 6.45) is 10.5. The van der Waals surface area contributed by atoms with E-state index in [4.69, 9.17) is 9.47 Å². The molecule has 2 aliphatic carbocycles. The number of carbonyl (C=O) groups is 2. The second-order valence-electron chi connectivity index (χ2n) is 7.74. The Morgan fingerprint density at radius 3 is 2.31 bits per heavy atom. The van der Waals surface area contributed by atoms with Crippen LogP contribution in [0.2, 0.25) is 0 Å². The zero-order chi connectivity index (χ0) is 18.9. The van der Waals surface area contributed by atoms with Gasteiger partial charge in [-0.15, -0.1) is 0 Å². The lowest BCUT2D eigenvalue weighted by molar-refractivity contribution is -0.158. The third kappa shape index (κ3) is 6.98. The van der Waals surface area contributed by atoms with Crippen molar-refractivity contribution in [2.75, 3.05) is 7.05 Å². The van der Waals surface area contributed by atoms with Gasteiger partial charge >= 0.3 is 12.1 Å². The molecule has 0 aromatic carbocycles. The van der Waals surface area contributed by atoms with Crippen molar-refractivity contribution in [2.45, 2.75) is 83.1 Å². The Morgan fingerprint density at radius 1 is 1.08 bits per heavy atom. The molecule has 5 unspecified atom stereocenters. The fraction of sp³-hybridized carbons (Fsp3) is 0.800. The quantitative estimate of drug-likeness (QED) is 0.410. The molecule has 26 heavy (non-hydrogen) atoms. The number of hydrogen-bond donors (Lipinski definition) is 2. The fourth-order valence-corrected chi connectivity index (χ4v) is 4.46. The summed E-state index contributed by atoms with van der Waals surface area (Å²) in [5, 5.41) is 6.36. The summed E-state index contributed by atoms with van der Waals surface area (Å²) in [7, 11) is 2.06. The first-order valence-corrected chi connectivity index (χ1v) is 9.97. The van der Waals surface area contributed by atoms with E-state index < -0.39 is 18.4 Å².